The van der Waals surface area contributed by atoms with Crippen LogP contribution in [0.5, 0.6) is 0 Å². The van der Waals surface area contributed by atoms with Crippen LogP contribution in [-0.4, -0.2) is 44.5 Å². The van der Waals surface area contributed by atoms with Crippen molar-refractivity contribution in [3.05, 3.63) is 71.8 Å². The molecule has 0 aliphatic heterocycles. The smallest absolute Gasteiger partial charge is 0.251 e. The molecule has 0 saturated carbocycles. The Morgan fingerprint density at radius 2 is 1.97 bits per heavy atom. The van der Waals surface area contributed by atoms with Gasteiger partial charge in [-0.2, -0.15) is 0 Å². The second-order valence-electron chi connectivity index (χ2n) is 7.14. The quantitative estimate of drug-likeness (QED) is 0.351. The number of fused-ring (bicyclic) bond motifs is 1. The first-order chi connectivity index (χ1) is 15.6. The number of para-hydroxylation sites is 1. The van der Waals surface area contributed by atoms with Crippen LogP contribution in [0.4, 0.5) is 11.6 Å². The molecule has 3 aromatic heterocycles. The lowest BCUT2D eigenvalue weighted by Crippen LogP contribution is -2.18. The maximum absolute atomic E-state index is 12.2. The maximum atomic E-state index is 12.2. The number of aliphatic hydroxyl groups is 1. The summed E-state index contributed by atoms with van der Waals surface area (Å²) in [5.74, 6) is 0.825. The molecule has 4 aromatic rings. The van der Waals surface area contributed by atoms with Gasteiger partial charge in [0.15, 0.2) is 0 Å². The highest BCUT2D eigenvalue weighted by molar-refractivity contribution is 6.06. The van der Waals surface area contributed by atoms with Gasteiger partial charge in [-0.15, -0.1) is 0 Å². The van der Waals surface area contributed by atoms with Crippen LogP contribution in [0.15, 0.2) is 55.1 Å². The fourth-order valence-corrected chi connectivity index (χ4v) is 3.50. The molecule has 0 saturated heterocycles. The molecule has 3 heterocycles. The van der Waals surface area contributed by atoms with E-state index < -0.39 is 0 Å². The number of aliphatic hydroxyl groups excluding tert-OH is 1. The molecule has 1 aromatic carbocycles. The molecule has 162 valence electrons. The minimum Gasteiger partial charge on any atom is -0.392 e. The zero-order valence-corrected chi connectivity index (χ0v) is 17.5. The number of nitrogen functional groups attached to an aromatic ring is 1. The van der Waals surface area contributed by atoms with Crippen molar-refractivity contribution in [2.45, 2.75) is 13.0 Å². The van der Waals surface area contributed by atoms with E-state index >= 15 is 0 Å². The van der Waals surface area contributed by atoms with E-state index in [2.05, 4.69) is 30.6 Å². The van der Waals surface area contributed by atoms with Gasteiger partial charge in [0.05, 0.1) is 23.4 Å². The largest absolute Gasteiger partial charge is 0.392 e. The van der Waals surface area contributed by atoms with Crippen LogP contribution in [0, 0.1) is 0 Å². The summed E-state index contributed by atoms with van der Waals surface area (Å²) in [6, 6.07) is 11.1. The molecule has 9 heteroatoms. The molecule has 0 atom stereocenters. The average Bonchev–Trinajstić information content (AvgIpc) is 2.84. The topological polar surface area (TPSA) is 139 Å². The minimum absolute atomic E-state index is 0.136. The molecule has 0 spiro atoms. The Morgan fingerprint density at radius 3 is 2.78 bits per heavy atom. The maximum Gasteiger partial charge on any atom is 0.251 e. The molecule has 0 radical (unpaired) electrons. The van der Waals surface area contributed by atoms with E-state index in [1.807, 2.05) is 24.3 Å². The molecule has 32 heavy (non-hydrogen) atoms. The summed E-state index contributed by atoms with van der Waals surface area (Å²) >= 11 is 0. The molecular weight excluding hydrogens is 406 g/mol. The lowest BCUT2D eigenvalue weighted by molar-refractivity contribution is 0.0964. The molecule has 1 amide bonds. The Hall–Kier alpha value is -4.11. The van der Waals surface area contributed by atoms with Crippen LogP contribution in [0.3, 0.4) is 0 Å². The summed E-state index contributed by atoms with van der Waals surface area (Å²) in [6.45, 7) is 0.423. The lowest BCUT2D eigenvalue weighted by atomic mass is 10.0. The van der Waals surface area contributed by atoms with E-state index in [4.69, 9.17) is 5.73 Å². The van der Waals surface area contributed by atoms with Crippen LogP contribution < -0.4 is 16.4 Å². The Labute approximate surface area is 184 Å². The molecule has 5 N–H and O–H groups in total. The van der Waals surface area contributed by atoms with Gasteiger partial charge < -0.3 is 21.5 Å². The standard InChI is InChI=1S/C23H23N7O2/c1-25-23(32)18-6-8-27-21-14(3-2-4-17(18)21)5-7-26-20-10-19(29-13-30-20)15-9-16(12-31)22(24)28-11-15/h2-4,6,8-11,13,31H,5,7,12H2,1H3,(H2,24,28)(H,25,32)(H,26,29,30). The Morgan fingerprint density at radius 1 is 1.09 bits per heavy atom. The summed E-state index contributed by atoms with van der Waals surface area (Å²) in [5.41, 5.74) is 10.2. The number of nitrogens with two attached hydrogens (primary N) is 1. The number of hydrogen-bond donors (Lipinski definition) is 4. The number of anilines is 2. The normalized spacial score (nSPS) is 10.8. The van der Waals surface area contributed by atoms with Crippen molar-refractivity contribution in [3.63, 3.8) is 0 Å². The fraction of sp³-hybridized carbons (Fsp3) is 0.174. The third-order valence-electron chi connectivity index (χ3n) is 5.16. The van der Waals surface area contributed by atoms with Gasteiger partial charge in [-0.25, -0.2) is 15.0 Å². The molecule has 4 rings (SSSR count). The number of amides is 1. The molecule has 0 bridgehead atoms. The predicted octanol–water partition coefficient (Wildman–Crippen LogP) is 2.18. The Bertz CT molecular complexity index is 1280. The van der Waals surface area contributed by atoms with E-state index in [1.54, 1.807) is 31.6 Å². The number of carbonyl (C=O) groups excluding carboxylic acids is 1. The predicted molar refractivity (Wildman–Crippen MR) is 123 cm³/mol. The van der Waals surface area contributed by atoms with Crippen molar-refractivity contribution in [2.75, 3.05) is 24.6 Å². The van der Waals surface area contributed by atoms with Gasteiger partial charge in [0.2, 0.25) is 0 Å². The van der Waals surface area contributed by atoms with Crippen molar-refractivity contribution in [1.82, 2.24) is 25.3 Å². The molecule has 9 nitrogen and oxygen atoms in total. The number of rotatable bonds is 7. The summed E-state index contributed by atoms with van der Waals surface area (Å²) < 4.78 is 0. The van der Waals surface area contributed by atoms with Gasteiger partial charge in [0, 0.05) is 48.6 Å². The summed E-state index contributed by atoms with van der Waals surface area (Å²) in [7, 11) is 1.61. The van der Waals surface area contributed by atoms with Gasteiger partial charge >= 0.3 is 0 Å². The average molecular weight is 429 g/mol. The first-order valence-electron chi connectivity index (χ1n) is 10.1. The van der Waals surface area contributed by atoms with Crippen LogP contribution in [-0.2, 0) is 13.0 Å². The van der Waals surface area contributed by atoms with Crippen molar-refractivity contribution < 1.29 is 9.90 Å². The minimum atomic E-state index is -0.191. The zero-order chi connectivity index (χ0) is 22.5. The van der Waals surface area contributed by atoms with Crippen molar-refractivity contribution in [3.8, 4) is 11.3 Å². The summed E-state index contributed by atoms with van der Waals surface area (Å²) in [4.78, 5) is 29.3. The van der Waals surface area contributed by atoms with Crippen LogP contribution in [0.1, 0.15) is 21.5 Å². The van der Waals surface area contributed by atoms with Gasteiger partial charge in [0.25, 0.3) is 5.91 Å². The second-order valence-corrected chi connectivity index (χ2v) is 7.14. The SMILES string of the molecule is CNC(=O)c1ccnc2c(CCNc3cc(-c4cnc(N)c(CO)c4)ncn3)cccc12. The number of aromatic nitrogens is 4. The number of pyridine rings is 2. The highest BCUT2D eigenvalue weighted by Crippen LogP contribution is 2.23. The monoisotopic (exact) mass is 429 g/mol. The third kappa shape index (κ3) is 4.33. The molecule has 0 aliphatic rings. The second kappa shape index (κ2) is 9.36. The van der Waals surface area contributed by atoms with Crippen LogP contribution in [0.25, 0.3) is 22.2 Å². The van der Waals surface area contributed by atoms with E-state index in [0.29, 0.717) is 41.4 Å². The Kier molecular flexibility index (Phi) is 6.18. The van der Waals surface area contributed by atoms with E-state index in [0.717, 1.165) is 22.0 Å². The highest BCUT2D eigenvalue weighted by atomic mass is 16.3. The van der Waals surface area contributed by atoms with Gasteiger partial charge in [-0.3, -0.25) is 9.78 Å². The Balaban J connectivity index is 1.50. The first kappa shape index (κ1) is 21.1. The summed E-state index contributed by atoms with van der Waals surface area (Å²) in [5, 5.41) is 16.2. The van der Waals surface area contributed by atoms with Gasteiger partial charge in [-0.05, 0) is 24.1 Å². The fourth-order valence-electron chi connectivity index (χ4n) is 3.50. The zero-order valence-electron chi connectivity index (χ0n) is 17.5. The first-order valence-corrected chi connectivity index (χ1v) is 10.1. The number of nitrogens with zero attached hydrogens (tertiary/aromatic N) is 4. The molecular formula is C23H23N7O2. The molecule has 0 unspecified atom stereocenters. The summed E-state index contributed by atoms with van der Waals surface area (Å²) in [6.07, 6.45) is 5.44. The van der Waals surface area contributed by atoms with Crippen molar-refractivity contribution in [1.29, 1.82) is 0 Å². The van der Waals surface area contributed by atoms with Crippen molar-refractivity contribution in [2.24, 2.45) is 0 Å². The van der Waals surface area contributed by atoms with E-state index in [1.165, 1.54) is 6.33 Å². The molecule has 0 aliphatic carbocycles. The van der Waals surface area contributed by atoms with Crippen molar-refractivity contribution >= 4 is 28.4 Å². The van der Waals surface area contributed by atoms with Crippen LogP contribution >= 0.6 is 0 Å². The number of nitrogens with one attached hydrogen (secondary N) is 2. The molecule has 0 fully saturated rings. The number of hydrogen-bond acceptors (Lipinski definition) is 8. The van der Waals surface area contributed by atoms with Gasteiger partial charge in [-0.1, -0.05) is 18.2 Å². The van der Waals surface area contributed by atoms with Crippen LogP contribution in [0.2, 0.25) is 0 Å². The number of benzene rings is 1. The van der Waals surface area contributed by atoms with E-state index in [9.17, 15) is 9.90 Å². The highest BCUT2D eigenvalue weighted by Gasteiger charge is 2.11. The van der Waals surface area contributed by atoms with Gasteiger partial charge in [0.1, 0.15) is 18.0 Å². The van der Waals surface area contributed by atoms with E-state index in [-0.39, 0.29) is 12.5 Å². The lowest BCUT2D eigenvalue weighted by Gasteiger charge is -2.11. The third-order valence-corrected chi connectivity index (χ3v) is 5.16. The number of carbonyl (C=O) groups is 1.